The van der Waals surface area contributed by atoms with Crippen LogP contribution in [0.2, 0.25) is 0 Å². The van der Waals surface area contributed by atoms with Gasteiger partial charge in [0, 0.05) is 38.5 Å². The first-order valence-electron chi connectivity index (χ1n) is 9.00. The van der Waals surface area contributed by atoms with Crippen molar-refractivity contribution in [2.75, 3.05) is 20.2 Å². The van der Waals surface area contributed by atoms with Gasteiger partial charge >= 0.3 is 6.03 Å². The summed E-state index contributed by atoms with van der Waals surface area (Å²) in [4.78, 5) is 23.4. The molecular weight excluding hydrogens is 318 g/mol. The molecule has 0 aromatic carbocycles. The van der Waals surface area contributed by atoms with Gasteiger partial charge in [-0.05, 0) is 38.3 Å². The van der Waals surface area contributed by atoms with Gasteiger partial charge in [-0.15, -0.1) is 0 Å². The maximum atomic E-state index is 12.3. The maximum Gasteiger partial charge on any atom is 0.317 e. The number of fused-ring (bicyclic) bond motifs is 1. The molecule has 0 saturated carbocycles. The summed E-state index contributed by atoms with van der Waals surface area (Å²) in [6.07, 6.45) is 4.53. The third kappa shape index (κ3) is 3.76. The fraction of sp³-hybridized carbons (Fsp3) is 0.611. The largest absolute Gasteiger partial charge is 0.377 e. The molecule has 1 fully saturated rings. The van der Waals surface area contributed by atoms with Crippen molar-refractivity contribution in [3.05, 3.63) is 24.2 Å². The lowest BCUT2D eigenvalue weighted by Crippen LogP contribution is -2.47. The molecule has 25 heavy (non-hydrogen) atoms. The molecule has 0 radical (unpaired) electrons. The molecule has 0 spiro atoms. The number of methoxy groups -OCH3 is 1. The van der Waals surface area contributed by atoms with Gasteiger partial charge in [0.2, 0.25) is 0 Å². The van der Waals surface area contributed by atoms with Crippen LogP contribution in [-0.2, 0) is 11.3 Å². The van der Waals surface area contributed by atoms with Crippen LogP contribution in [0, 0.1) is 0 Å². The van der Waals surface area contributed by atoms with Crippen molar-refractivity contribution in [2.45, 2.75) is 51.8 Å². The lowest BCUT2D eigenvalue weighted by atomic mass is 10.0. The number of piperidine rings is 1. The predicted octanol–water partition coefficient (Wildman–Crippen LogP) is 2.72. The van der Waals surface area contributed by atoms with E-state index in [0.717, 1.165) is 49.3 Å². The lowest BCUT2D eigenvalue weighted by molar-refractivity contribution is 0.156. The van der Waals surface area contributed by atoms with E-state index < -0.39 is 0 Å². The smallest absolute Gasteiger partial charge is 0.317 e. The Morgan fingerprint density at radius 3 is 2.88 bits per heavy atom. The third-order valence-electron chi connectivity index (χ3n) is 4.89. The van der Waals surface area contributed by atoms with Gasteiger partial charge in [0.1, 0.15) is 17.9 Å². The second-order valence-corrected chi connectivity index (χ2v) is 6.65. The number of imidazole rings is 1. The zero-order valence-electron chi connectivity index (χ0n) is 15.2. The van der Waals surface area contributed by atoms with Crippen LogP contribution in [0.15, 0.2) is 18.3 Å². The van der Waals surface area contributed by atoms with Gasteiger partial charge in [-0.3, -0.25) is 0 Å². The molecule has 7 heteroatoms. The molecule has 1 saturated heterocycles. The molecule has 136 valence electrons. The average molecular weight is 345 g/mol. The summed E-state index contributed by atoms with van der Waals surface area (Å²) in [5.74, 6) is 0.902. The number of hydrogen-bond acceptors (Lipinski definition) is 4. The van der Waals surface area contributed by atoms with Crippen LogP contribution in [0.25, 0.3) is 11.2 Å². The topological polar surface area (TPSA) is 72.3 Å². The fourth-order valence-electron chi connectivity index (χ4n) is 3.32. The number of hydrogen-bond donors (Lipinski definition) is 1. The summed E-state index contributed by atoms with van der Waals surface area (Å²) in [6, 6.07) is 4.42. The zero-order valence-corrected chi connectivity index (χ0v) is 15.2. The van der Waals surface area contributed by atoms with Crippen molar-refractivity contribution in [2.24, 2.45) is 0 Å². The van der Waals surface area contributed by atoms with Crippen molar-refractivity contribution in [3.8, 4) is 0 Å². The Morgan fingerprint density at radius 2 is 2.20 bits per heavy atom. The van der Waals surface area contributed by atoms with Crippen LogP contribution in [0.1, 0.15) is 45.0 Å². The van der Waals surface area contributed by atoms with Crippen molar-refractivity contribution < 1.29 is 9.53 Å². The first kappa shape index (κ1) is 17.7. The fourth-order valence-corrected chi connectivity index (χ4v) is 3.32. The molecule has 1 aliphatic heterocycles. The second-order valence-electron chi connectivity index (χ2n) is 6.65. The van der Waals surface area contributed by atoms with Crippen LogP contribution < -0.4 is 5.32 Å². The average Bonchev–Trinajstić information content (AvgIpc) is 3.00. The minimum absolute atomic E-state index is 0.0403. The molecule has 0 unspecified atom stereocenters. The van der Waals surface area contributed by atoms with Gasteiger partial charge in [0.15, 0.2) is 5.65 Å². The van der Waals surface area contributed by atoms with E-state index in [2.05, 4.69) is 26.8 Å². The summed E-state index contributed by atoms with van der Waals surface area (Å²) in [6.45, 7) is 6.05. The van der Waals surface area contributed by atoms with Gasteiger partial charge < -0.3 is 19.5 Å². The van der Waals surface area contributed by atoms with Crippen molar-refractivity contribution in [3.63, 3.8) is 0 Å². The Kier molecular flexibility index (Phi) is 5.53. The number of aromatic nitrogens is 3. The van der Waals surface area contributed by atoms with Gasteiger partial charge in [0.25, 0.3) is 0 Å². The molecule has 0 aliphatic carbocycles. The highest BCUT2D eigenvalue weighted by Crippen LogP contribution is 2.28. The first-order chi connectivity index (χ1) is 12.1. The molecule has 2 aromatic heterocycles. The summed E-state index contributed by atoms with van der Waals surface area (Å²) < 4.78 is 7.52. The van der Waals surface area contributed by atoms with E-state index in [0.29, 0.717) is 6.61 Å². The van der Waals surface area contributed by atoms with Crippen LogP contribution in [0.3, 0.4) is 0 Å². The highest BCUT2D eigenvalue weighted by Gasteiger charge is 2.27. The maximum absolute atomic E-state index is 12.3. The monoisotopic (exact) mass is 345 g/mol. The molecule has 3 rings (SSSR count). The number of carbonyl (C=O) groups excluding carboxylic acids is 1. The minimum atomic E-state index is 0.0403. The van der Waals surface area contributed by atoms with E-state index in [1.807, 2.05) is 24.0 Å². The first-order valence-corrected chi connectivity index (χ1v) is 9.00. The number of likely N-dealkylation sites (tertiary alicyclic amines) is 1. The quantitative estimate of drug-likeness (QED) is 0.904. The molecule has 0 bridgehead atoms. The van der Waals surface area contributed by atoms with E-state index in [4.69, 9.17) is 4.74 Å². The highest BCUT2D eigenvalue weighted by atomic mass is 16.5. The molecule has 7 nitrogen and oxygen atoms in total. The number of carbonyl (C=O) groups is 1. The summed E-state index contributed by atoms with van der Waals surface area (Å²) >= 11 is 0. The predicted molar refractivity (Wildman–Crippen MR) is 96.4 cm³/mol. The van der Waals surface area contributed by atoms with E-state index in [1.54, 1.807) is 13.3 Å². The molecule has 1 atom stereocenters. The highest BCUT2D eigenvalue weighted by molar-refractivity contribution is 5.74. The molecule has 2 aromatic rings. The summed E-state index contributed by atoms with van der Waals surface area (Å²) in [5, 5.41) is 3.05. The van der Waals surface area contributed by atoms with E-state index in [-0.39, 0.29) is 18.1 Å². The Morgan fingerprint density at radius 1 is 1.44 bits per heavy atom. The number of rotatable bonds is 5. The van der Waals surface area contributed by atoms with Crippen LogP contribution in [0.5, 0.6) is 0 Å². The zero-order chi connectivity index (χ0) is 17.8. The van der Waals surface area contributed by atoms with E-state index in [9.17, 15) is 4.79 Å². The van der Waals surface area contributed by atoms with E-state index in [1.165, 1.54) is 0 Å². The summed E-state index contributed by atoms with van der Waals surface area (Å²) in [7, 11) is 1.68. The van der Waals surface area contributed by atoms with Gasteiger partial charge in [-0.25, -0.2) is 14.8 Å². The standard InChI is InChI=1S/C18H27N5O2/c1-4-13(2)20-18(24)22-10-7-14(8-11-22)23-16(12-25-3)21-15-6-5-9-19-17(15)23/h5-6,9,13-14H,4,7-8,10-12H2,1-3H3,(H,20,24)/t13-/m1/s1. The SMILES string of the molecule is CC[C@@H](C)NC(=O)N1CCC(n2c(COC)nc3cccnc32)CC1. The van der Waals surface area contributed by atoms with Crippen LogP contribution >= 0.6 is 0 Å². The molecule has 3 heterocycles. The number of pyridine rings is 1. The second kappa shape index (κ2) is 7.82. The van der Waals surface area contributed by atoms with Crippen LogP contribution in [-0.4, -0.2) is 51.7 Å². The van der Waals surface area contributed by atoms with Gasteiger partial charge in [-0.2, -0.15) is 0 Å². The number of ether oxygens (including phenoxy) is 1. The Hall–Kier alpha value is -2.15. The number of amides is 2. The Balaban J connectivity index is 1.73. The van der Waals surface area contributed by atoms with Crippen molar-refractivity contribution in [1.82, 2.24) is 24.8 Å². The van der Waals surface area contributed by atoms with Crippen molar-refractivity contribution >= 4 is 17.2 Å². The van der Waals surface area contributed by atoms with E-state index >= 15 is 0 Å². The Bertz CT molecular complexity index is 721. The van der Waals surface area contributed by atoms with Gasteiger partial charge in [-0.1, -0.05) is 6.92 Å². The van der Waals surface area contributed by atoms with Crippen molar-refractivity contribution in [1.29, 1.82) is 0 Å². The Labute approximate surface area is 148 Å². The molecule has 1 N–H and O–H groups in total. The lowest BCUT2D eigenvalue weighted by Gasteiger charge is -2.34. The van der Waals surface area contributed by atoms with Crippen LogP contribution in [0.4, 0.5) is 4.79 Å². The third-order valence-corrected chi connectivity index (χ3v) is 4.89. The van der Waals surface area contributed by atoms with Gasteiger partial charge in [0.05, 0.1) is 0 Å². The molecule has 2 amide bonds. The molecule has 1 aliphatic rings. The summed E-state index contributed by atoms with van der Waals surface area (Å²) in [5.41, 5.74) is 1.79. The number of nitrogens with one attached hydrogen (secondary N) is 1. The number of nitrogens with zero attached hydrogens (tertiary/aromatic N) is 4. The minimum Gasteiger partial charge on any atom is -0.377 e. The number of urea groups is 1. The normalized spacial score (nSPS) is 17.0. The molecular formula is C18H27N5O2.